The monoisotopic (exact) mass is 194 g/mol. The zero-order valence-corrected chi connectivity index (χ0v) is 8.03. The first-order chi connectivity index (χ1) is 6.75. The molecule has 2 heterocycles. The molecular formula is C9H14N4O. The number of anilines is 1. The standard InChI is InChI=1S/C9H14N4O/c1-6-4-9(13-12-6)14-8-5-11-3-2-7(8)10/h2-3,5-6,9,12-13H,4H2,1H3,(H2,10,11). The van der Waals surface area contributed by atoms with Crippen molar-refractivity contribution in [1.29, 1.82) is 0 Å². The van der Waals surface area contributed by atoms with Gasteiger partial charge in [0, 0.05) is 18.7 Å². The van der Waals surface area contributed by atoms with Crippen molar-refractivity contribution in [2.24, 2.45) is 0 Å². The maximum absolute atomic E-state index is 5.72. The Morgan fingerprint density at radius 2 is 2.43 bits per heavy atom. The number of hydrogen-bond donors (Lipinski definition) is 3. The highest BCUT2D eigenvalue weighted by atomic mass is 16.5. The van der Waals surface area contributed by atoms with E-state index < -0.39 is 0 Å². The number of nitrogens with two attached hydrogens (primary N) is 1. The quantitative estimate of drug-likeness (QED) is 0.629. The van der Waals surface area contributed by atoms with Crippen molar-refractivity contribution in [1.82, 2.24) is 15.8 Å². The lowest BCUT2D eigenvalue weighted by molar-refractivity contribution is 0.180. The number of nitrogens with one attached hydrogen (secondary N) is 2. The topological polar surface area (TPSA) is 72.2 Å². The van der Waals surface area contributed by atoms with E-state index >= 15 is 0 Å². The molecule has 1 fully saturated rings. The number of nitrogens with zero attached hydrogens (tertiary/aromatic N) is 1. The van der Waals surface area contributed by atoms with E-state index in [1.807, 2.05) is 0 Å². The fraction of sp³-hybridized carbons (Fsp3) is 0.444. The second kappa shape index (κ2) is 3.81. The summed E-state index contributed by atoms with van der Waals surface area (Å²) in [5.41, 5.74) is 12.4. The zero-order valence-electron chi connectivity index (χ0n) is 8.03. The van der Waals surface area contributed by atoms with Crippen LogP contribution in [0.15, 0.2) is 18.5 Å². The van der Waals surface area contributed by atoms with Crippen molar-refractivity contribution in [3.05, 3.63) is 18.5 Å². The van der Waals surface area contributed by atoms with Gasteiger partial charge in [-0.15, -0.1) is 0 Å². The van der Waals surface area contributed by atoms with Gasteiger partial charge in [-0.3, -0.25) is 10.4 Å². The molecule has 0 spiro atoms. The van der Waals surface area contributed by atoms with E-state index in [0.29, 0.717) is 17.5 Å². The Bertz CT molecular complexity index is 317. The third-order valence-corrected chi connectivity index (χ3v) is 2.14. The van der Waals surface area contributed by atoms with Crippen LogP contribution in [0.25, 0.3) is 0 Å². The van der Waals surface area contributed by atoms with Gasteiger partial charge in [0.05, 0.1) is 11.9 Å². The van der Waals surface area contributed by atoms with Crippen molar-refractivity contribution in [3.8, 4) is 5.75 Å². The first-order valence-electron chi connectivity index (χ1n) is 4.63. The van der Waals surface area contributed by atoms with E-state index in [0.717, 1.165) is 6.42 Å². The molecule has 0 saturated carbocycles. The van der Waals surface area contributed by atoms with Crippen LogP contribution in [0.3, 0.4) is 0 Å². The van der Waals surface area contributed by atoms with E-state index in [-0.39, 0.29) is 6.23 Å². The SMILES string of the molecule is CC1CC(Oc2cnccc2N)NN1. The van der Waals surface area contributed by atoms with Gasteiger partial charge in [-0.25, -0.2) is 5.43 Å². The van der Waals surface area contributed by atoms with Gasteiger partial charge in [-0.1, -0.05) is 0 Å². The zero-order chi connectivity index (χ0) is 9.97. The van der Waals surface area contributed by atoms with Crippen molar-refractivity contribution in [2.45, 2.75) is 25.6 Å². The number of nitrogen functional groups attached to an aromatic ring is 1. The van der Waals surface area contributed by atoms with Crippen LogP contribution < -0.4 is 21.3 Å². The van der Waals surface area contributed by atoms with Crippen LogP contribution in [-0.2, 0) is 0 Å². The normalized spacial score (nSPS) is 26.4. The summed E-state index contributed by atoms with van der Waals surface area (Å²) in [7, 11) is 0. The van der Waals surface area contributed by atoms with Gasteiger partial charge in [-0.2, -0.15) is 0 Å². The number of rotatable bonds is 2. The van der Waals surface area contributed by atoms with E-state index in [1.165, 1.54) is 0 Å². The molecule has 2 unspecified atom stereocenters. The van der Waals surface area contributed by atoms with E-state index in [2.05, 4.69) is 22.8 Å². The summed E-state index contributed by atoms with van der Waals surface area (Å²) in [5, 5.41) is 0. The van der Waals surface area contributed by atoms with Crippen molar-refractivity contribution in [2.75, 3.05) is 5.73 Å². The Kier molecular flexibility index (Phi) is 2.51. The number of ether oxygens (including phenoxy) is 1. The Morgan fingerprint density at radius 1 is 1.57 bits per heavy atom. The summed E-state index contributed by atoms with van der Waals surface area (Å²) >= 11 is 0. The molecular weight excluding hydrogens is 180 g/mol. The second-order valence-corrected chi connectivity index (χ2v) is 3.45. The molecule has 0 radical (unpaired) electrons. The van der Waals surface area contributed by atoms with Crippen LogP contribution in [0.5, 0.6) is 5.75 Å². The first-order valence-corrected chi connectivity index (χ1v) is 4.63. The molecule has 5 nitrogen and oxygen atoms in total. The molecule has 0 aromatic carbocycles. The third-order valence-electron chi connectivity index (χ3n) is 2.14. The fourth-order valence-corrected chi connectivity index (χ4v) is 1.39. The molecule has 5 heteroatoms. The third kappa shape index (κ3) is 1.94. The smallest absolute Gasteiger partial charge is 0.164 e. The average Bonchev–Trinajstić information content (AvgIpc) is 2.56. The minimum Gasteiger partial charge on any atom is -0.470 e. The van der Waals surface area contributed by atoms with Crippen molar-refractivity contribution in [3.63, 3.8) is 0 Å². The van der Waals surface area contributed by atoms with Crippen molar-refractivity contribution < 1.29 is 4.74 Å². The summed E-state index contributed by atoms with van der Waals surface area (Å²) in [6.07, 6.45) is 4.15. The molecule has 76 valence electrons. The van der Waals surface area contributed by atoms with Gasteiger partial charge >= 0.3 is 0 Å². The predicted octanol–water partition coefficient (Wildman–Crippen LogP) is 0.255. The van der Waals surface area contributed by atoms with Gasteiger partial charge in [0.2, 0.25) is 0 Å². The summed E-state index contributed by atoms with van der Waals surface area (Å²) in [5.74, 6) is 0.626. The average molecular weight is 194 g/mol. The Balaban J connectivity index is 2.01. The van der Waals surface area contributed by atoms with Gasteiger partial charge in [0.15, 0.2) is 12.0 Å². The molecule has 1 aromatic heterocycles. The van der Waals surface area contributed by atoms with E-state index in [4.69, 9.17) is 10.5 Å². The lowest BCUT2D eigenvalue weighted by atomic mass is 10.2. The van der Waals surface area contributed by atoms with Crippen LogP contribution in [0, 0.1) is 0 Å². The lowest BCUT2D eigenvalue weighted by Crippen LogP contribution is -2.35. The summed E-state index contributed by atoms with van der Waals surface area (Å²) < 4.78 is 5.62. The summed E-state index contributed by atoms with van der Waals surface area (Å²) in [4.78, 5) is 3.95. The number of pyridine rings is 1. The van der Waals surface area contributed by atoms with Gasteiger partial charge < -0.3 is 10.5 Å². The molecule has 1 aliphatic heterocycles. The van der Waals surface area contributed by atoms with Crippen molar-refractivity contribution >= 4 is 5.69 Å². The Morgan fingerprint density at radius 3 is 3.07 bits per heavy atom. The molecule has 4 N–H and O–H groups in total. The molecule has 1 saturated heterocycles. The van der Waals surface area contributed by atoms with Crippen LogP contribution in [0.1, 0.15) is 13.3 Å². The molecule has 1 aromatic rings. The van der Waals surface area contributed by atoms with Crippen LogP contribution in [0.4, 0.5) is 5.69 Å². The van der Waals surface area contributed by atoms with Gasteiger partial charge in [0.25, 0.3) is 0 Å². The summed E-state index contributed by atoms with van der Waals surface area (Å²) in [6.45, 7) is 2.09. The number of aromatic nitrogens is 1. The number of hydrogen-bond acceptors (Lipinski definition) is 5. The molecule has 0 aliphatic carbocycles. The van der Waals surface area contributed by atoms with E-state index in [9.17, 15) is 0 Å². The minimum atomic E-state index is -0.0310. The molecule has 14 heavy (non-hydrogen) atoms. The fourth-order valence-electron chi connectivity index (χ4n) is 1.39. The number of hydrazine groups is 1. The Hall–Kier alpha value is -1.33. The van der Waals surface area contributed by atoms with Crippen LogP contribution in [0.2, 0.25) is 0 Å². The predicted molar refractivity (Wildman–Crippen MR) is 53.4 cm³/mol. The lowest BCUT2D eigenvalue weighted by Gasteiger charge is -2.13. The highest BCUT2D eigenvalue weighted by Gasteiger charge is 2.21. The van der Waals surface area contributed by atoms with Crippen LogP contribution in [-0.4, -0.2) is 17.3 Å². The van der Waals surface area contributed by atoms with Crippen LogP contribution >= 0.6 is 0 Å². The van der Waals surface area contributed by atoms with E-state index in [1.54, 1.807) is 18.5 Å². The minimum absolute atomic E-state index is 0.0310. The molecule has 2 atom stereocenters. The highest BCUT2D eigenvalue weighted by molar-refractivity contribution is 5.49. The maximum Gasteiger partial charge on any atom is 0.164 e. The largest absolute Gasteiger partial charge is 0.470 e. The first kappa shape index (κ1) is 9.23. The highest BCUT2D eigenvalue weighted by Crippen LogP contribution is 2.21. The molecule has 1 aliphatic rings. The summed E-state index contributed by atoms with van der Waals surface area (Å²) in [6, 6.07) is 2.14. The van der Waals surface area contributed by atoms with Gasteiger partial charge in [0.1, 0.15) is 0 Å². The molecule has 0 amide bonds. The van der Waals surface area contributed by atoms with Gasteiger partial charge in [-0.05, 0) is 13.0 Å². The maximum atomic E-state index is 5.72. The second-order valence-electron chi connectivity index (χ2n) is 3.45. The Labute approximate surface area is 82.6 Å². The molecule has 0 bridgehead atoms. The molecule has 2 rings (SSSR count).